The second-order valence-corrected chi connectivity index (χ2v) is 5.30. The number of benzene rings is 2. The van der Waals surface area contributed by atoms with Crippen LogP contribution in [-0.2, 0) is 9.47 Å². The molecule has 0 spiro atoms. The van der Waals surface area contributed by atoms with Crippen LogP contribution in [0.1, 0.15) is 31.8 Å². The van der Waals surface area contributed by atoms with Gasteiger partial charge < -0.3 is 9.47 Å². The lowest BCUT2D eigenvalue weighted by atomic mass is 10.0. The highest BCUT2D eigenvalue weighted by molar-refractivity contribution is 6.31. The lowest BCUT2D eigenvalue weighted by molar-refractivity contribution is 0.0555. The molecular formula is C18H16ClNO4. The van der Waals surface area contributed by atoms with E-state index in [0.717, 1.165) is 5.56 Å². The fraction of sp³-hybridized carbons (Fsp3) is 0.167. The Balaban J connectivity index is 2.54. The molecule has 0 N–H and O–H groups in total. The standard InChI is InChI=1S/C18H16ClNO4/c1-11-14(19)8-5-9-15(11)20-10-12-6-4-7-13(17(21)23-2)16(12)18(22)24-3/h4-10H,1-3H3/b20-10-. The maximum atomic E-state index is 12.1. The Bertz CT molecular complexity index is 815. The quantitative estimate of drug-likeness (QED) is 0.621. The first kappa shape index (κ1) is 17.7. The second-order valence-electron chi connectivity index (χ2n) is 4.90. The normalized spacial score (nSPS) is 10.7. The van der Waals surface area contributed by atoms with E-state index in [4.69, 9.17) is 21.1 Å². The zero-order chi connectivity index (χ0) is 17.7. The molecule has 0 saturated heterocycles. The first-order chi connectivity index (χ1) is 11.5. The topological polar surface area (TPSA) is 65.0 Å². The highest BCUT2D eigenvalue weighted by Crippen LogP contribution is 2.26. The Kier molecular flexibility index (Phi) is 5.71. The Hall–Kier alpha value is -2.66. The zero-order valence-corrected chi connectivity index (χ0v) is 14.3. The van der Waals surface area contributed by atoms with Crippen molar-refractivity contribution in [2.45, 2.75) is 6.92 Å². The molecule has 2 rings (SSSR count). The van der Waals surface area contributed by atoms with E-state index in [1.54, 1.807) is 30.3 Å². The molecule has 5 nitrogen and oxygen atoms in total. The van der Waals surface area contributed by atoms with E-state index >= 15 is 0 Å². The van der Waals surface area contributed by atoms with Crippen LogP contribution >= 0.6 is 11.6 Å². The summed E-state index contributed by atoms with van der Waals surface area (Å²) in [7, 11) is 2.50. The van der Waals surface area contributed by atoms with E-state index in [0.29, 0.717) is 16.3 Å². The summed E-state index contributed by atoms with van der Waals surface area (Å²) in [4.78, 5) is 28.4. The molecule has 124 valence electrons. The van der Waals surface area contributed by atoms with Gasteiger partial charge >= 0.3 is 11.9 Å². The minimum Gasteiger partial charge on any atom is -0.465 e. The number of carbonyl (C=O) groups excluding carboxylic acids is 2. The van der Waals surface area contributed by atoms with Crippen molar-refractivity contribution in [1.82, 2.24) is 0 Å². The average molecular weight is 346 g/mol. The molecule has 0 aromatic heterocycles. The number of aliphatic imine (C=N–C) groups is 1. The van der Waals surface area contributed by atoms with Crippen molar-refractivity contribution in [2.24, 2.45) is 4.99 Å². The molecule has 6 heteroatoms. The number of esters is 2. The van der Waals surface area contributed by atoms with Crippen molar-refractivity contribution < 1.29 is 19.1 Å². The predicted octanol–water partition coefficient (Wildman–Crippen LogP) is 3.97. The van der Waals surface area contributed by atoms with Crippen LogP contribution in [0.3, 0.4) is 0 Å². The first-order valence-electron chi connectivity index (χ1n) is 7.08. The van der Waals surface area contributed by atoms with Crippen LogP contribution in [0.4, 0.5) is 5.69 Å². The van der Waals surface area contributed by atoms with Crippen molar-refractivity contribution in [3.8, 4) is 0 Å². The number of rotatable bonds is 4. The van der Waals surface area contributed by atoms with Crippen molar-refractivity contribution >= 4 is 35.4 Å². The van der Waals surface area contributed by atoms with Crippen molar-refractivity contribution in [1.29, 1.82) is 0 Å². The molecule has 0 amide bonds. The average Bonchev–Trinajstić information content (AvgIpc) is 2.61. The molecule has 0 saturated carbocycles. The zero-order valence-electron chi connectivity index (χ0n) is 13.5. The lowest BCUT2D eigenvalue weighted by Crippen LogP contribution is -2.14. The summed E-state index contributed by atoms with van der Waals surface area (Å²) < 4.78 is 9.49. The van der Waals surface area contributed by atoms with Crippen molar-refractivity contribution in [3.63, 3.8) is 0 Å². The third-order valence-corrected chi connectivity index (χ3v) is 3.88. The summed E-state index contributed by atoms with van der Waals surface area (Å²) in [5, 5.41) is 0.598. The molecule has 0 aliphatic carbocycles. The molecule has 0 fully saturated rings. The van der Waals surface area contributed by atoms with E-state index < -0.39 is 11.9 Å². The number of halogens is 1. The van der Waals surface area contributed by atoms with Gasteiger partial charge in [-0.1, -0.05) is 29.8 Å². The summed E-state index contributed by atoms with van der Waals surface area (Å²) in [6, 6.07) is 10.2. The van der Waals surface area contributed by atoms with E-state index in [1.807, 2.05) is 6.92 Å². The van der Waals surface area contributed by atoms with Gasteiger partial charge in [0.15, 0.2) is 0 Å². The Morgan fingerprint density at radius 3 is 2.38 bits per heavy atom. The van der Waals surface area contributed by atoms with Crippen LogP contribution < -0.4 is 0 Å². The molecule has 0 unspecified atom stereocenters. The van der Waals surface area contributed by atoms with Crippen molar-refractivity contribution in [3.05, 3.63) is 63.7 Å². The molecule has 2 aromatic rings. The SMILES string of the molecule is COC(=O)c1cccc(/C=N\c2cccc(Cl)c2C)c1C(=O)OC. The van der Waals surface area contributed by atoms with Gasteiger partial charge in [0.2, 0.25) is 0 Å². The van der Waals surface area contributed by atoms with Crippen LogP contribution in [0.2, 0.25) is 5.02 Å². The van der Waals surface area contributed by atoms with Gasteiger partial charge in [-0.25, -0.2) is 9.59 Å². The highest BCUT2D eigenvalue weighted by Gasteiger charge is 2.21. The van der Waals surface area contributed by atoms with Gasteiger partial charge in [0.1, 0.15) is 0 Å². The number of nitrogens with zero attached hydrogens (tertiary/aromatic N) is 1. The second kappa shape index (κ2) is 7.75. The van der Waals surface area contributed by atoms with E-state index in [1.165, 1.54) is 26.5 Å². The first-order valence-corrected chi connectivity index (χ1v) is 7.46. The summed E-state index contributed by atoms with van der Waals surface area (Å²) in [6.45, 7) is 1.85. The largest absolute Gasteiger partial charge is 0.465 e. The van der Waals surface area contributed by atoms with Gasteiger partial charge in [0, 0.05) is 16.8 Å². The molecule has 0 heterocycles. The van der Waals surface area contributed by atoms with E-state index in [2.05, 4.69) is 4.99 Å². The van der Waals surface area contributed by atoms with Crippen molar-refractivity contribution in [2.75, 3.05) is 14.2 Å². The smallest absolute Gasteiger partial charge is 0.339 e. The van der Waals surface area contributed by atoms with Gasteiger partial charge in [-0.05, 0) is 30.7 Å². The lowest BCUT2D eigenvalue weighted by Gasteiger charge is -2.09. The molecular weight excluding hydrogens is 330 g/mol. The van der Waals surface area contributed by atoms with Gasteiger partial charge in [-0.2, -0.15) is 0 Å². The highest BCUT2D eigenvalue weighted by atomic mass is 35.5. The molecule has 0 aliphatic rings. The summed E-state index contributed by atoms with van der Waals surface area (Å²) in [5.74, 6) is -1.26. The maximum absolute atomic E-state index is 12.1. The molecule has 0 radical (unpaired) electrons. The number of hydrogen-bond donors (Lipinski definition) is 0. The van der Waals surface area contributed by atoms with Crippen LogP contribution in [0, 0.1) is 6.92 Å². The number of hydrogen-bond acceptors (Lipinski definition) is 5. The van der Waals surface area contributed by atoms with Gasteiger partial charge in [0.25, 0.3) is 0 Å². The van der Waals surface area contributed by atoms with Gasteiger partial charge in [-0.15, -0.1) is 0 Å². The van der Waals surface area contributed by atoms with Gasteiger partial charge in [0.05, 0.1) is 31.0 Å². The molecule has 0 bridgehead atoms. The third kappa shape index (κ3) is 3.63. The van der Waals surface area contributed by atoms with Crippen LogP contribution in [0.5, 0.6) is 0 Å². The monoisotopic (exact) mass is 345 g/mol. The van der Waals surface area contributed by atoms with Gasteiger partial charge in [-0.3, -0.25) is 4.99 Å². The minimum atomic E-state index is -0.639. The number of carbonyl (C=O) groups is 2. The molecule has 2 aromatic carbocycles. The minimum absolute atomic E-state index is 0.107. The fourth-order valence-electron chi connectivity index (χ4n) is 2.16. The summed E-state index contributed by atoms with van der Waals surface area (Å²) >= 11 is 6.08. The van der Waals surface area contributed by atoms with Crippen LogP contribution in [-0.4, -0.2) is 32.4 Å². The number of ether oxygens (including phenoxy) is 2. The Morgan fingerprint density at radius 2 is 1.71 bits per heavy atom. The van der Waals surface area contributed by atoms with E-state index in [9.17, 15) is 9.59 Å². The third-order valence-electron chi connectivity index (χ3n) is 3.47. The Morgan fingerprint density at radius 1 is 1.04 bits per heavy atom. The van der Waals surface area contributed by atoms with Crippen LogP contribution in [0.15, 0.2) is 41.4 Å². The summed E-state index contributed by atoms with van der Waals surface area (Å²) in [6.07, 6.45) is 1.50. The predicted molar refractivity (Wildman–Crippen MR) is 92.6 cm³/mol. The molecule has 0 atom stereocenters. The fourth-order valence-corrected chi connectivity index (χ4v) is 2.33. The number of methoxy groups -OCH3 is 2. The molecule has 24 heavy (non-hydrogen) atoms. The molecule has 0 aliphatic heterocycles. The van der Waals surface area contributed by atoms with E-state index in [-0.39, 0.29) is 11.1 Å². The Labute approximate surface area is 144 Å². The van der Waals surface area contributed by atoms with Crippen LogP contribution in [0.25, 0.3) is 0 Å². The summed E-state index contributed by atoms with van der Waals surface area (Å²) in [5.41, 5.74) is 2.16. The maximum Gasteiger partial charge on any atom is 0.339 e.